The van der Waals surface area contributed by atoms with Crippen LogP contribution in [-0.2, 0) is 10.5 Å². The molecule has 0 amide bonds. The van der Waals surface area contributed by atoms with Crippen LogP contribution in [0.15, 0.2) is 47.4 Å². The van der Waals surface area contributed by atoms with Crippen LogP contribution in [0.3, 0.4) is 0 Å². The number of nitro benzene ring substituents is 1. The fraction of sp³-hybridized carbons (Fsp3) is 0.188. The summed E-state index contributed by atoms with van der Waals surface area (Å²) in [6, 6.07) is 12.0. The summed E-state index contributed by atoms with van der Waals surface area (Å²) in [5.74, 6) is 0.262. The van der Waals surface area contributed by atoms with E-state index in [-0.39, 0.29) is 11.7 Å². The molecule has 2 aromatic carbocycles. The first-order valence-corrected chi connectivity index (χ1v) is 7.55. The Labute approximate surface area is 132 Å². The lowest BCUT2D eigenvalue weighted by molar-refractivity contribution is -0.384. The van der Waals surface area contributed by atoms with Gasteiger partial charge >= 0.3 is 5.97 Å². The third-order valence-corrected chi connectivity index (χ3v) is 4.36. The minimum atomic E-state index is -0.398. The van der Waals surface area contributed by atoms with E-state index in [2.05, 4.69) is 4.74 Å². The second-order valence-corrected chi connectivity index (χ2v) is 5.70. The number of carbonyl (C=O) groups is 1. The van der Waals surface area contributed by atoms with Crippen molar-refractivity contribution in [3.8, 4) is 0 Å². The van der Waals surface area contributed by atoms with Gasteiger partial charge in [0.1, 0.15) is 0 Å². The van der Waals surface area contributed by atoms with Gasteiger partial charge in [-0.05, 0) is 36.2 Å². The van der Waals surface area contributed by atoms with Crippen molar-refractivity contribution in [1.29, 1.82) is 0 Å². The topological polar surface area (TPSA) is 69.4 Å². The number of carbonyl (C=O) groups excluding carboxylic acids is 1. The van der Waals surface area contributed by atoms with Gasteiger partial charge in [-0.25, -0.2) is 4.79 Å². The molecule has 0 unspecified atom stereocenters. The van der Waals surface area contributed by atoms with E-state index in [0.717, 1.165) is 16.0 Å². The smallest absolute Gasteiger partial charge is 0.337 e. The van der Waals surface area contributed by atoms with E-state index in [4.69, 9.17) is 0 Å². The van der Waals surface area contributed by atoms with E-state index in [1.54, 1.807) is 36.0 Å². The Balaban J connectivity index is 2.10. The van der Waals surface area contributed by atoms with Gasteiger partial charge in [0.25, 0.3) is 5.69 Å². The zero-order valence-corrected chi connectivity index (χ0v) is 13.1. The van der Waals surface area contributed by atoms with Crippen LogP contribution >= 0.6 is 11.8 Å². The summed E-state index contributed by atoms with van der Waals surface area (Å²) in [5.41, 5.74) is 2.46. The number of hydrogen-bond donors (Lipinski definition) is 0. The fourth-order valence-corrected chi connectivity index (χ4v) is 2.93. The highest BCUT2D eigenvalue weighted by molar-refractivity contribution is 7.98. The van der Waals surface area contributed by atoms with Crippen molar-refractivity contribution < 1.29 is 14.5 Å². The minimum Gasteiger partial charge on any atom is -0.465 e. The molecule has 0 atom stereocenters. The quantitative estimate of drug-likeness (QED) is 0.361. The van der Waals surface area contributed by atoms with E-state index in [1.165, 1.54) is 13.2 Å². The average molecular weight is 317 g/mol. The number of rotatable bonds is 5. The van der Waals surface area contributed by atoms with Gasteiger partial charge in [-0.1, -0.05) is 12.1 Å². The summed E-state index contributed by atoms with van der Waals surface area (Å²) < 4.78 is 4.69. The molecule has 2 rings (SSSR count). The summed E-state index contributed by atoms with van der Waals surface area (Å²) in [4.78, 5) is 22.9. The number of aryl methyl sites for hydroxylation is 1. The second kappa shape index (κ2) is 7.09. The average Bonchev–Trinajstić information content (AvgIpc) is 2.53. The van der Waals surface area contributed by atoms with Crippen molar-refractivity contribution >= 4 is 23.4 Å². The van der Waals surface area contributed by atoms with Crippen LogP contribution in [0.5, 0.6) is 0 Å². The van der Waals surface area contributed by atoms with E-state index in [1.807, 2.05) is 19.1 Å². The number of ether oxygens (including phenoxy) is 1. The van der Waals surface area contributed by atoms with Crippen LogP contribution in [0.4, 0.5) is 5.69 Å². The lowest BCUT2D eigenvalue weighted by Crippen LogP contribution is -2.01. The highest BCUT2D eigenvalue weighted by Crippen LogP contribution is 2.28. The first-order chi connectivity index (χ1) is 10.5. The zero-order chi connectivity index (χ0) is 16.1. The molecule has 22 heavy (non-hydrogen) atoms. The number of nitrogens with zero attached hydrogens (tertiary/aromatic N) is 1. The standard InChI is InChI=1S/C16H15NO4S/c1-11-8-13(16(18)21-2)6-7-15(11)22-10-12-4-3-5-14(9-12)17(19)20/h3-9H,10H2,1-2H3. The molecule has 0 aliphatic carbocycles. The Morgan fingerprint density at radius 2 is 2.05 bits per heavy atom. The first-order valence-electron chi connectivity index (χ1n) is 6.56. The maximum Gasteiger partial charge on any atom is 0.337 e. The van der Waals surface area contributed by atoms with Crippen LogP contribution in [-0.4, -0.2) is 18.0 Å². The number of nitro groups is 1. The lowest BCUT2D eigenvalue weighted by atomic mass is 10.1. The van der Waals surface area contributed by atoms with Crippen LogP contribution in [0.1, 0.15) is 21.5 Å². The van der Waals surface area contributed by atoms with Crippen LogP contribution in [0, 0.1) is 17.0 Å². The highest BCUT2D eigenvalue weighted by Gasteiger charge is 2.09. The molecule has 2 aromatic rings. The third kappa shape index (κ3) is 3.85. The van der Waals surface area contributed by atoms with Crippen molar-refractivity contribution in [3.05, 3.63) is 69.3 Å². The molecule has 6 heteroatoms. The molecule has 0 aliphatic heterocycles. The van der Waals surface area contributed by atoms with Crippen LogP contribution < -0.4 is 0 Å². The molecule has 0 spiro atoms. The van der Waals surface area contributed by atoms with E-state index >= 15 is 0 Å². The van der Waals surface area contributed by atoms with Gasteiger partial charge in [-0.15, -0.1) is 11.8 Å². The summed E-state index contributed by atoms with van der Waals surface area (Å²) in [6.07, 6.45) is 0. The summed E-state index contributed by atoms with van der Waals surface area (Å²) in [6.45, 7) is 1.92. The van der Waals surface area contributed by atoms with Gasteiger partial charge < -0.3 is 4.74 Å². The Morgan fingerprint density at radius 3 is 2.68 bits per heavy atom. The monoisotopic (exact) mass is 317 g/mol. The normalized spacial score (nSPS) is 10.3. The van der Waals surface area contributed by atoms with Crippen molar-refractivity contribution in [2.45, 2.75) is 17.6 Å². The van der Waals surface area contributed by atoms with Crippen LogP contribution in [0.2, 0.25) is 0 Å². The van der Waals surface area contributed by atoms with Gasteiger partial charge in [0.15, 0.2) is 0 Å². The Bertz CT molecular complexity index is 715. The zero-order valence-electron chi connectivity index (χ0n) is 12.2. The first kappa shape index (κ1) is 16.0. The van der Waals surface area contributed by atoms with Gasteiger partial charge in [0, 0.05) is 22.8 Å². The molecule has 0 saturated heterocycles. The van der Waals surface area contributed by atoms with Gasteiger partial charge in [-0.3, -0.25) is 10.1 Å². The Morgan fingerprint density at radius 1 is 1.27 bits per heavy atom. The molecule has 0 fully saturated rings. The number of non-ortho nitro benzene ring substituents is 1. The maximum absolute atomic E-state index is 11.5. The SMILES string of the molecule is COC(=O)c1ccc(SCc2cccc([N+](=O)[O-])c2)c(C)c1. The number of benzene rings is 2. The number of methoxy groups -OCH3 is 1. The minimum absolute atomic E-state index is 0.0934. The molecule has 0 bridgehead atoms. The predicted molar refractivity (Wildman–Crippen MR) is 85.2 cm³/mol. The van der Waals surface area contributed by atoms with Crippen molar-refractivity contribution in [1.82, 2.24) is 0 Å². The molecular weight excluding hydrogens is 302 g/mol. The van der Waals surface area contributed by atoms with E-state index < -0.39 is 4.92 Å². The summed E-state index contributed by atoms with van der Waals surface area (Å²) >= 11 is 1.57. The highest BCUT2D eigenvalue weighted by atomic mass is 32.2. The Hall–Kier alpha value is -2.34. The van der Waals surface area contributed by atoms with E-state index in [0.29, 0.717) is 11.3 Å². The molecule has 0 aliphatic rings. The molecule has 0 heterocycles. The fourth-order valence-electron chi connectivity index (χ4n) is 1.98. The second-order valence-electron chi connectivity index (χ2n) is 4.69. The van der Waals surface area contributed by atoms with Crippen molar-refractivity contribution in [3.63, 3.8) is 0 Å². The van der Waals surface area contributed by atoms with Crippen molar-refractivity contribution in [2.24, 2.45) is 0 Å². The largest absolute Gasteiger partial charge is 0.465 e. The van der Waals surface area contributed by atoms with Crippen LogP contribution in [0.25, 0.3) is 0 Å². The molecule has 5 nitrogen and oxygen atoms in total. The molecule has 0 N–H and O–H groups in total. The molecule has 114 valence electrons. The van der Waals surface area contributed by atoms with Gasteiger partial charge in [0.05, 0.1) is 17.6 Å². The molecule has 0 saturated carbocycles. The van der Waals surface area contributed by atoms with E-state index in [9.17, 15) is 14.9 Å². The van der Waals surface area contributed by atoms with Crippen molar-refractivity contribution in [2.75, 3.05) is 7.11 Å². The number of hydrogen-bond acceptors (Lipinski definition) is 5. The summed E-state index contributed by atoms with van der Waals surface area (Å²) in [7, 11) is 1.35. The summed E-state index contributed by atoms with van der Waals surface area (Å²) in [5, 5.41) is 10.8. The number of thioether (sulfide) groups is 1. The Kier molecular flexibility index (Phi) is 5.16. The lowest BCUT2D eigenvalue weighted by Gasteiger charge is -2.07. The third-order valence-electron chi connectivity index (χ3n) is 3.11. The van der Waals surface area contributed by atoms with Gasteiger partial charge in [0.2, 0.25) is 0 Å². The predicted octanol–water partition coefficient (Wildman–Crippen LogP) is 3.98. The number of esters is 1. The molecular formula is C16H15NO4S. The maximum atomic E-state index is 11.5. The molecule has 0 aromatic heterocycles. The van der Waals surface area contributed by atoms with Gasteiger partial charge in [-0.2, -0.15) is 0 Å². The molecule has 0 radical (unpaired) electrons.